The Balaban J connectivity index is 2.15. The molecule has 0 amide bonds. The Morgan fingerprint density at radius 3 is 2.21 bits per heavy atom. The van der Waals surface area contributed by atoms with E-state index in [0.717, 1.165) is 32.5 Å². The molecule has 0 bridgehead atoms. The summed E-state index contributed by atoms with van der Waals surface area (Å²) in [7, 11) is 1.71. The van der Waals surface area contributed by atoms with E-state index in [1.54, 1.807) is 7.11 Å². The average Bonchev–Trinajstić information content (AvgIpc) is 2.40. The SMILES string of the molecule is COCCCOCCOC1(CN)CCC(C)(C)CC1. The van der Waals surface area contributed by atoms with Crippen molar-refractivity contribution >= 4 is 0 Å². The second kappa shape index (κ2) is 8.20. The number of nitrogens with two attached hydrogens (primary N) is 1. The molecule has 19 heavy (non-hydrogen) atoms. The first-order valence-corrected chi connectivity index (χ1v) is 7.44. The maximum Gasteiger partial charge on any atom is 0.0805 e. The molecule has 114 valence electrons. The molecule has 4 nitrogen and oxygen atoms in total. The van der Waals surface area contributed by atoms with E-state index in [-0.39, 0.29) is 5.60 Å². The van der Waals surface area contributed by atoms with Crippen LogP contribution in [0.1, 0.15) is 46.0 Å². The molecule has 0 saturated heterocycles. The minimum Gasteiger partial charge on any atom is -0.385 e. The van der Waals surface area contributed by atoms with Crippen LogP contribution in [0.4, 0.5) is 0 Å². The van der Waals surface area contributed by atoms with E-state index in [9.17, 15) is 0 Å². The molecule has 1 saturated carbocycles. The number of hydrogen-bond donors (Lipinski definition) is 1. The van der Waals surface area contributed by atoms with Crippen molar-refractivity contribution in [3.63, 3.8) is 0 Å². The monoisotopic (exact) mass is 273 g/mol. The van der Waals surface area contributed by atoms with Gasteiger partial charge in [-0.1, -0.05) is 13.8 Å². The van der Waals surface area contributed by atoms with Crippen LogP contribution in [0, 0.1) is 5.41 Å². The summed E-state index contributed by atoms with van der Waals surface area (Å²) in [5.74, 6) is 0. The van der Waals surface area contributed by atoms with Crippen LogP contribution in [0.3, 0.4) is 0 Å². The maximum atomic E-state index is 6.04. The fourth-order valence-corrected chi connectivity index (χ4v) is 2.51. The van der Waals surface area contributed by atoms with Gasteiger partial charge in [-0.05, 0) is 37.5 Å². The lowest BCUT2D eigenvalue weighted by Gasteiger charge is -2.42. The molecule has 0 atom stereocenters. The third kappa shape index (κ3) is 6.21. The lowest BCUT2D eigenvalue weighted by molar-refractivity contribution is -0.0967. The largest absolute Gasteiger partial charge is 0.385 e. The molecule has 4 heteroatoms. The summed E-state index contributed by atoms with van der Waals surface area (Å²) < 4.78 is 16.5. The molecule has 1 rings (SSSR count). The summed E-state index contributed by atoms with van der Waals surface area (Å²) in [5.41, 5.74) is 6.26. The van der Waals surface area contributed by atoms with Crippen molar-refractivity contribution < 1.29 is 14.2 Å². The van der Waals surface area contributed by atoms with Gasteiger partial charge in [0.2, 0.25) is 0 Å². The highest BCUT2D eigenvalue weighted by Gasteiger charge is 2.37. The van der Waals surface area contributed by atoms with Gasteiger partial charge >= 0.3 is 0 Å². The van der Waals surface area contributed by atoms with Crippen molar-refractivity contribution in [1.29, 1.82) is 0 Å². The van der Waals surface area contributed by atoms with Gasteiger partial charge in [0.05, 0.1) is 18.8 Å². The van der Waals surface area contributed by atoms with Crippen LogP contribution < -0.4 is 5.73 Å². The van der Waals surface area contributed by atoms with E-state index in [2.05, 4.69) is 13.8 Å². The normalized spacial score (nSPS) is 21.5. The Hall–Kier alpha value is -0.160. The number of methoxy groups -OCH3 is 1. The van der Waals surface area contributed by atoms with E-state index in [4.69, 9.17) is 19.9 Å². The lowest BCUT2D eigenvalue weighted by Crippen LogP contribution is -2.46. The molecule has 1 fully saturated rings. The summed E-state index contributed by atoms with van der Waals surface area (Å²) in [6, 6.07) is 0. The third-order valence-electron chi connectivity index (χ3n) is 4.16. The van der Waals surface area contributed by atoms with Gasteiger partial charge in [-0.25, -0.2) is 0 Å². The highest BCUT2D eigenvalue weighted by Crippen LogP contribution is 2.41. The molecule has 0 aromatic carbocycles. The Kier molecular flexibility index (Phi) is 7.29. The summed E-state index contributed by atoms with van der Waals surface area (Å²) >= 11 is 0. The summed E-state index contributed by atoms with van der Waals surface area (Å²) in [5, 5.41) is 0. The first-order valence-electron chi connectivity index (χ1n) is 7.44. The fourth-order valence-electron chi connectivity index (χ4n) is 2.51. The smallest absolute Gasteiger partial charge is 0.0805 e. The maximum absolute atomic E-state index is 6.04. The Morgan fingerprint density at radius 1 is 0.947 bits per heavy atom. The standard InChI is InChI=1S/C15H31NO3/c1-14(2)5-7-15(13-16,8-6-14)19-12-11-18-10-4-9-17-3/h4-13,16H2,1-3H3. The molecular formula is C15H31NO3. The van der Waals surface area contributed by atoms with Gasteiger partial charge in [0.25, 0.3) is 0 Å². The zero-order chi connectivity index (χ0) is 14.2. The molecule has 1 aliphatic rings. The zero-order valence-electron chi connectivity index (χ0n) is 12.9. The number of hydrogen-bond acceptors (Lipinski definition) is 4. The van der Waals surface area contributed by atoms with Gasteiger partial charge in [0.1, 0.15) is 0 Å². The van der Waals surface area contributed by atoms with Crippen molar-refractivity contribution in [2.24, 2.45) is 11.1 Å². The molecule has 0 spiro atoms. The molecule has 0 aromatic rings. The van der Waals surface area contributed by atoms with Crippen molar-refractivity contribution in [3.8, 4) is 0 Å². The Labute approximate surface area is 118 Å². The van der Waals surface area contributed by atoms with Crippen molar-refractivity contribution in [3.05, 3.63) is 0 Å². The van der Waals surface area contributed by atoms with Crippen LogP contribution in [0.5, 0.6) is 0 Å². The van der Waals surface area contributed by atoms with Crippen LogP contribution in [-0.4, -0.2) is 45.7 Å². The van der Waals surface area contributed by atoms with Crippen molar-refractivity contribution in [2.45, 2.75) is 51.6 Å². The minimum absolute atomic E-state index is 0.106. The van der Waals surface area contributed by atoms with Crippen LogP contribution in [0.2, 0.25) is 0 Å². The second-order valence-corrected chi connectivity index (χ2v) is 6.36. The van der Waals surface area contributed by atoms with Crippen molar-refractivity contribution in [2.75, 3.05) is 40.1 Å². The predicted octanol–water partition coefficient (Wildman–Crippen LogP) is 2.35. The molecule has 0 radical (unpaired) electrons. The average molecular weight is 273 g/mol. The topological polar surface area (TPSA) is 53.7 Å². The fraction of sp³-hybridized carbons (Fsp3) is 1.00. The number of rotatable bonds is 9. The first-order chi connectivity index (χ1) is 9.04. The van der Waals surface area contributed by atoms with E-state index in [1.807, 2.05) is 0 Å². The van der Waals surface area contributed by atoms with E-state index in [0.29, 0.717) is 25.2 Å². The Bertz CT molecular complexity index is 234. The van der Waals surface area contributed by atoms with Crippen LogP contribution in [0.15, 0.2) is 0 Å². The summed E-state index contributed by atoms with van der Waals surface area (Å²) in [6.07, 6.45) is 5.46. The van der Waals surface area contributed by atoms with E-state index in [1.165, 1.54) is 12.8 Å². The van der Waals surface area contributed by atoms with Gasteiger partial charge in [0, 0.05) is 26.9 Å². The van der Waals surface area contributed by atoms with E-state index >= 15 is 0 Å². The second-order valence-electron chi connectivity index (χ2n) is 6.36. The van der Waals surface area contributed by atoms with Crippen LogP contribution in [0.25, 0.3) is 0 Å². The molecule has 0 aliphatic heterocycles. The predicted molar refractivity (Wildman–Crippen MR) is 77.3 cm³/mol. The summed E-state index contributed by atoms with van der Waals surface area (Å²) in [6.45, 7) is 8.05. The van der Waals surface area contributed by atoms with Crippen LogP contribution >= 0.6 is 0 Å². The molecule has 1 aliphatic carbocycles. The highest BCUT2D eigenvalue weighted by atomic mass is 16.5. The first kappa shape index (κ1) is 16.9. The molecule has 0 aromatic heterocycles. The van der Waals surface area contributed by atoms with Gasteiger partial charge in [-0.3, -0.25) is 0 Å². The van der Waals surface area contributed by atoms with Gasteiger partial charge in [0.15, 0.2) is 0 Å². The highest BCUT2D eigenvalue weighted by molar-refractivity contribution is 4.91. The van der Waals surface area contributed by atoms with Gasteiger partial charge in [-0.15, -0.1) is 0 Å². The number of ether oxygens (including phenoxy) is 3. The zero-order valence-corrected chi connectivity index (χ0v) is 12.9. The van der Waals surface area contributed by atoms with Crippen LogP contribution in [-0.2, 0) is 14.2 Å². The minimum atomic E-state index is -0.106. The van der Waals surface area contributed by atoms with Crippen molar-refractivity contribution in [1.82, 2.24) is 0 Å². The Morgan fingerprint density at radius 2 is 1.63 bits per heavy atom. The molecule has 0 heterocycles. The quantitative estimate of drug-likeness (QED) is 0.655. The molecule has 0 unspecified atom stereocenters. The van der Waals surface area contributed by atoms with Gasteiger partial charge in [-0.2, -0.15) is 0 Å². The lowest BCUT2D eigenvalue weighted by atomic mass is 9.71. The molecular weight excluding hydrogens is 242 g/mol. The van der Waals surface area contributed by atoms with Gasteiger partial charge < -0.3 is 19.9 Å². The third-order valence-corrected chi connectivity index (χ3v) is 4.16. The molecule has 2 N–H and O–H groups in total. The van der Waals surface area contributed by atoms with E-state index < -0.39 is 0 Å². The summed E-state index contributed by atoms with van der Waals surface area (Å²) in [4.78, 5) is 0.